The van der Waals surface area contributed by atoms with Gasteiger partial charge in [-0.1, -0.05) is 6.07 Å². The fourth-order valence-corrected chi connectivity index (χ4v) is 2.95. The minimum atomic E-state index is -0.251. The summed E-state index contributed by atoms with van der Waals surface area (Å²) in [6.45, 7) is 2.06. The van der Waals surface area contributed by atoms with Crippen LogP contribution >= 0.6 is 0 Å². The van der Waals surface area contributed by atoms with Gasteiger partial charge in [0.25, 0.3) is 0 Å². The van der Waals surface area contributed by atoms with Crippen LogP contribution in [0, 0.1) is 0 Å². The summed E-state index contributed by atoms with van der Waals surface area (Å²) in [7, 11) is 5.18. The predicted octanol–water partition coefficient (Wildman–Crippen LogP) is 0.932. The molecule has 0 fully saturated rings. The van der Waals surface area contributed by atoms with Crippen molar-refractivity contribution in [2.24, 2.45) is 0 Å². The zero-order chi connectivity index (χ0) is 16.4. The summed E-state index contributed by atoms with van der Waals surface area (Å²) in [4.78, 5) is 24.8. The maximum atomic E-state index is 12.5. The van der Waals surface area contributed by atoms with E-state index in [1.807, 2.05) is 22.9 Å². The molecule has 1 amide bonds. The number of aromatic nitrogens is 3. The molecule has 0 radical (unpaired) electrons. The Bertz CT molecular complexity index is 697. The second kappa shape index (κ2) is 6.37. The molecule has 1 aliphatic rings. The van der Waals surface area contributed by atoms with Crippen LogP contribution in [0.25, 0.3) is 0 Å². The van der Waals surface area contributed by atoms with Crippen LogP contribution in [0.3, 0.4) is 0 Å². The van der Waals surface area contributed by atoms with Crippen molar-refractivity contribution in [1.29, 1.82) is 0 Å². The van der Waals surface area contributed by atoms with E-state index >= 15 is 0 Å². The largest absolute Gasteiger partial charge is 0.481 e. The van der Waals surface area contributed by atoms with Gasteiger partial charge in [0.05, 0.1) is 19.1 Å². The topological polar surface area (TPSA) is 63.5 Å². The van der Waals surface area contributed by atoms with Crippen LogP contribution in [0.1, 0.15) is 17.3 Å². The molecule has 0 saturated heterocycles. The predicted molar refractivity (Wildman–Crippen MR) is 84.9 cm³/mol. The summed E-state index contributed by atoms with van der Waals surface area (Å²) >= 11 is 0. The van der Waals surface area contributed by atoms with Crippen LogP contribution in [0.5, 0.6) is 5.88 Å². The van der Waals surface area contributed by atoms with Crippen molar-refractivity contribution >= 4 is 5.91 Å². The number of nitrogens with zero attached hydrogens (tertiary/aromatic N) is 5. The lowest BCUT2D eigenvalue weighted by molar-refractivity contribution is -0.133. The van der Waals surface area contributed by atoms with Crippen LogP contribution < -0.4 is 4.74 Å². The van der Waals surface area contributed by atoms with Crippen LogP contribution in [0.4, 0.5) is 0 Å². The smallest absolute Gasteiger partial charge is 0.246 e. The lowest BCUT2D eigenvalue weighted by atomic mass is 10.1. The van der Waals surface area contributed by atoms with Gasteiger partial charge in [-0.15, -0.1) is 0 Å². The van der Waals surface area contributed by atoms with Crippen LogP contribution in [-0.2, 0) is 17.9 Å². The first-order valence-electron chi connectivity index (χ1n) is 7.52. The number of likely N-dealkylation sites (N-methyl/N-ethyl adjacent to an activating group) is 1. The maximum absolute atomic E-state index is 12.5. The number of methoxy groups -OCH3 is 1. The summed E-state index contributed by atoms with van der Waals surface area (Å²) in [5.41, 5.74) is 2.05. The fourth-order valence-electron chi connectivity index (χ4n) is 2.95. The van der Waals surface area contributed by atoms with Crippen LogP contribution in [0.2, 0.25) is 0 Å². The van der Waals surface area contributed by atoms with E-state index < -0.39 is 0 Å². The number of fused-ring (bicyclic) bond motifs is 1. The van der Waals surface area contributed by atoms with Gasteiger partial charge in [0.15, 0.2) is 0 Å². The standard InChI is InChI=1S/C16H21N5O2/c1-19(2)16(22)14-10-20(9-13-7-17-11-21(13)14)8-12-5-4-6-18-15(12)23-3/h4-7,11,14H,8-10H2,1-3H3/t14-/m1/s1. The molecular weight excluding hydrogens is 294 g/mol. The Labute approximate surface area is 135 Å². The molecule has 2 aromatic rings. The first-order chi connectivity index (χ1) is 11.1. The van der Waals surface area contributed by atoms with Crippen molar-refractivity contribution in [3.05, 3.63) is 42.1 Å². The van der Waals surface area contributed by atoms with Crippen molar-refractivity contribution in [1.82, 2.24) is 24.3 Å². The summed E-state index contributed by atoms with van der Waals surface area (Å²) in [5.74, 6) is 0.703. The molecule has 3 rings (SSSR count). The minimum Gasteiger partial charge on any atom is -0.481 e. The number of pyridine rings is 1. The molecule has 122 valence electrons. The summed E-state index contributed by atoms with van der Waals surface area (Å²) in [6.07, 6.45) is 5.28. The molecule has 23 heavy (non-hydrogen) atoms. The minimum absolute atomic E-state index is 0.0760. The quantitative estimate of drug-likeness (QED) is 0.840. The zero-order valence-corrected chi connectivity index (χ0v) is 13.6. The second-order valence-corrected chi connectivity index (χ2v) is 5.88. The highest BCUT2D eigenvalue weighted by atomic mass is 16.5. The number of imidazole rings is 1. The Morgan fingerprint density at radius 3 is 3.04 bits per heavy atom. The average molecular weight is 315 g/mol. The number of amides is 1. The second-order valence-electron chi connectivity index (χ2n) is 5.88. The molecule has 7 nitrogen and oxygen atoms in total. The SMILES string of the molecule is COc1ncccc1CN1Cc2cncn2[C@@H](C(=O)N(C)C)C1. The van der Waals surface area contributed by atoms with Crippen molar-refractivity contribution in [3.8, 4) is 5.88 Å². The van der Waals surface area contributed by atoms with Gasteiger partial charge < -0.3 is 14.2 Å². The van der Waals surface area contributed by atoms with E-state index in [9.17, 15) is 4.79 Å². The van der Waals surface area contributed by atoms with Crippen molar-refractivity contribution in [2.75, 3.05) is 27.7 Å². The molecule has 0 N–H and O–H groups in total. The van der Waals surface area contributed by atoms with Gasteiger partial charge in [-0.05, 0) is 6.07 Å². The van der Waals surface area contributed by atoms with Crippen LogP contribution in [-0.4, -0.2) is 58.0 Å². The molecule has 0 aliphatic carbocycles. The molecule has 7 heteroatoms. The number of carbonyl (C=O) groups excluding carboxylic acids is 1. The fraction of sp³-hybridized carbons (Fsp3) is 0.438. The normalized spacial score (nSPS) is 17.6. The maximum Gasteiger partial charge on any atom is 0.246 e. The monoisotopic (exact) mass is 315 g/mol. The third-order valence-electron chi connectivity index (χ3n) is 4.06. The third kappa shape index (κ3) is 3.05. The van der Waals surface area contributed by atoms with Crippen molar-refractivity contribution in [2.45, 2.75) is 19.1 Å². The lowest BCUT2D eigenvalue weighted by Gasteiger charge is -2.34. The Hall–Kier alpha value is -2.41. The molecular formula is C16H21N5O2. The van der Waals surface area contributed by atoms with Gasteiger partial charge in [-0.2, -0.15) is 0 Å². The molecule has 2 aromatic heterocycles. The van der Waals surface area contributed by atoms with Gasteiger partial charge in [-0.25, -0.2) is 9.97 Å². The first kappa shape index (κ1) is 15.5. The number of hydrogen-bond acceptors (Lipinski definition) is 5. The molecule has 0 aromatic carbocycles. The van der Waals surface area contributed by atoms with E-state index in [0.29, 0.717) is 19.0 Å². The Kier molecular flexibility index (Phi) is 4.29. The van der Waals surface area contributed by atoms with Crippen molar-refractivity contribution in [3.63, 3.8) is 0 Å². The number of rotatable bonds is 4. The molecule has 3 heterocycles. The molecule has 0 bridgehead atoms. The Morgan fingerprint density at radius 2 is 2.30 bits per heavy atom. The number of carbonyl (C=O) groups is 1. The highest BCUT2D eigenvalue weighted by molar-refractivity contribution is 5.80. The Balaban J connectivity index is 1.84. The van der Waals surface area contributed by atoms with Crippen molar-refractivity contribution < 1.29 is 9.53 Å². The van der Waals surface area contributed by atoms with Gasteiger partial charge in [0, 0.05) is 51.7 Å². The summed E-state index contributed by atoms with van der Waals surface area (Å²) in [6, 6.07) is 3.65. The highest BCUT2D eigenvalue weighted by Gasteiger charge is 2.31. The van der Waals surface area contributed by atoms with E-state index in [1.165, 1.54) is 0 Å². The van der Waals surface area contributed by atoms with E-state index in [0.717, 1.165) is 17.8 Å². The first-order valence-corrected chi connectivity index (χ1v) is 7.52. The average Bonchev–Trinajstić information content (AvgIpc) is 3.02. The number of ether oxygens (including phenoxy) is 1. The Morgan fingerprint density at radius 1 is 1.48 bits per heavy atom. The molecule has 0 spiro atoms. The molecule has 0 saturated carbocycles. The van der Waals surface area contributed by atoms with Gasteiger partial charge >= 0.3 is 0 Å². The van der Waals surface area contributed by atoms with Crippen LogP contribution in [0.15, 0.2) is 30.9 Å². The summed E-state index contributed by atoms with van der Waals surface area (Å²) < 4.78 is 7.29. The van der Waals surface area contributed by atoms with E-state index in [4.69, 9.17) is 4.74 Å². The molecule has 1 aliphatic heterocycles. The van der Waals surface area contributed by atoms with Gasteiger partial charge in [-0.3, -0.25) is 9.69 Å². The molecule has 0 unspecified atom stereocenters. The van der Waals surface area contributed by atoms with Gasteiger partial charge in [0.1, 0.15) is 6.04 Å². The van der Waals surface area contributed by atoms with E-state index in [-0.39, 0.29) is 11.9 Å². The third-order valence-corrected chi connectivity index (χ3v) is 4.06. The van der Waals surface area contributed by atoms with Gasteiger partial charge in [0.2, 0.25) is 11.8 Å². The zero-order valence-electron chi connectivity index (χ0n) is 13.6. The van der Waals surface area contributed by atoms with E-state index in [1.54, 1.807) is 38.6 Å². The molecule has 1 atom stereocenters. The summed E-state index contributed by atoms with van der Waals surface area (Å²) in [5, 5.41) is 0. The highest BCUT2D eigenvalue weighted by Crippen LogP contribution is 2.25. The lowest BCUT2D eigenvalue weighted by Crippen LogP contribution is -2.43. The van der Waals surface area contributed by atoms with E-state index in [2.05, 4.69) is 14.9 Å². The number of hydrogen-bond donors (Lipinski definition) is 0.